The summed E-state index contributed by atoms with van der Waals surface area (Å²) in [4.78, 5) is 27.1. The number of carbonyl (C=O) groups excluding carboxylic acids is 2. The summed E-state index contributed by atoms with van der Waals surface area (Å²) in [6, 6.07) is 20.4. The van der Waals surface area contributed by atoms with E-state index in [9.17, 15) is 18.4 Å². The number of hydrogen-bond acceptors (Lipinski definition) is 3. The number of Topliss-reactive ketones (excluding diaryl/α,β-unsaturated/α-hetero) is 1. The van der Waals surface area contributed by atoms with Gasteiger partial charge in [-0.05, 0) is 54.7 Å². The van der Waals surface area contributed by atoms with Crippen LogP contribution in [0, 0.1) is 11.6 Å². The van der Waals surface area contributed by atoms with Crippen molar-refractivity contribution in [2.75, 3.05) is 5.32 Å². The van der Waals surface area contributed by atoms with E-state index in [0.717, 1.165) is 33.4 Å². The van der Waals surface area contributed by atoms with Gasteiger partial charge in [0.25, 0.3) is 5.91 Å². The molecule has 2 aliphatic rings. The molecule has 1 amide bonds. The standard InChI is InChI=1S/C29H23BrF2N2O2/c1-16-26(29(36)34-23-12-11-21(31)15-22(23)32)27(18-7-9-20(30)10-8-18)28-24(33-16)13-19(14-25(28)35)17-5-3-2-4-6-17/h2-12,15,19,27,33H,13-14H2,1H3,(H,34,36). The Hall–Kier alpha value is -3.58. The Kier molecular flexibility index (Phi) is 6.58. The highest BCUT2D eigenvalue weighted by Crippen LogP contribution is 2.45. The van der Waals surface area contributed by atoms with E-state index >= 15 is 0 Å². The Balaban J connectivity index is 1.56. The van der Waals surface area contributed by atoms with Gasteiger partial charge in [-0.25, -0.2) is 8.78 Å². The lowest BCUT2D eigenvalue weighted by Crippen LogP contribution is -2.37. The molecule has 4 nitrogen and oxygen atoms in total. The molecular weight excluding hydrogens is 526 g/mol. The maximum Gasteiger partial charge on any atom is 0.254 e. The van der Waals surface area contributed by atoms with E-state index in [1.165, 1.54) is 6.07 Å². The van der Waals surface area contributed by atoms with Gasteiger partial charge in [-0.1, -0.05) is 58.4 Å². The lowest BCUT2D eigenvalue weighted by atomic mass is 9.71. The van der Waals surface area contributed by atoms with Gasteiger partial charge in [-0.15, -0.1) is 0 Å². The van der Waals surface area contributed by atoms with Crippen LogP contribution < -0.4 is 10.6 Å². The van der Waals surface area contributed by atoms with E-state index < -0.39 is 23.5 Å². The predicted octanol–water partition coefficient (Wildman–Crippen LogP) is 6.73. The van der Waals surface area contributed by atoms with Crippen molar-refractivity contribution in [1.29, 1.82) is 0 Å². The molecule has 3 aromatic rings. The van der Waals surface area contributed by atoms with Crippen LogP contribution in [0.4, 0.5) is 14.5 Å². The Morgan fingerprint density at radius 1 is 0.972 bits per heavy atom. The summed E-state index contributed by atoms with van der Waals surface area (Å²) in [5, 5.41) is 5.89. The molecule has 0 spiro atoms. The number of hydrogen-bond donors (Lipinski definition) is 2. The topological polar surface area (TPSA) is 58.2 Å². The van der Waals surface area contributed by atoms with Crippen molar-refractivity contribution in [2.45, 2.75) is 31.6 Å². The molecule has 0 saturated heterocycles. The van der Waals surface area contributed by atoms with Gasteiger partial charge < -0.3 is 10.6 Å². The van der Waals surface area contributed by atoms with Gasteiger partial charge in [0.15, 0.2) is 5.78 Å². The zero-order valence-corrected chi connectivity index (χ0v) is 21.0. The fourth-order valence-corrected chi connectivity index (χ4v) is 5.33. The van der Waals surface area contributed by atoms with E-state index in [2.05, 4.69) is 26.6 Å². The number of ketones is 1. The average Bonchev–Trinajstić information content (AvgIpc) is 2.85. The first-order valence-electron chi connectivity index (χ1n) is 11.6. The number of rotatable bonds is 4. The summed E-state index contributed by atoms with van der Waals surface area (Å²) in [7, 11) is 0. The van der Waals surface area contributed by atoms with Crippen LogP contribution in [0.3, 0.4) is 0 Å². The second-order valence-electron chi connectivity index (χ2n) is 9.06. The molecule has 2 atom stereocenters. The Morgan fingerprint density at radius 2 is 1.69 bits per heavy atom. The summed E-state index contributed by atoms with van der Waals surface area (Å²) in [6.45, 7) is 1.78. The van der Waals surface area contributed by atoms with Crippen molar-refractivity contribution in [3.05, 3.63) is 123 Å². The number of dihydropyridines is 1. The molecule has 0 saturated carbocycles. The maximum absolute atomic E-state index is 14.3. The van der Waals surface area contributed by atoms with Gasteiger partial charge in [-0.2, -0.15) is 0 Å². The van der Waals surface area contributed by atoms with E-state index in [1.807, 2.05) is 54.6 Å². The van der Waals surface area contributed by atoms with Gasteiger partial charge in [0, 0.05) is 45.4 Å². The molecule has 36 heavy (non-hydrogen) atoms. The first-order valence-corrected chi connectivity index (χ1v) is 12.4. The second kappa shape index (κ2) is 9.82. The molecule has 1 aliphatic heterocycles. The average molecular weight is 549 g/mol. The molecule has 2 unspecified atom stereocenters. The Labute approximate surface area is 216 Å². The highest BCUT2D eigenvalue weighted by molar-refractivity contribution is 9.10. The largest absolute Gasteiger partial charge is 0.362 e. The third-order valence-corrected chi connectivity index (χ3v) is 7.25. The minimum absolute atomic E-state index is 0.0312. The number of carbonyl (C=O) groups is 2. The van der Waals surface area contributed by atoms with Crippen LogP contribution in [0.1, 0.15) is 42.7 Å². The molecule has 0 bridgehead atoms. The molecule has 0 radical (unpaired) electrons. The number of benzene rings is 3. The van der Waals surface area contributed by atoms with Crippen molar-refractivity contribution in [2.24, 2.45) is 0 Å². The summed E-state index contributed by atoms with van der Waals surface area (Å²) in [6.07, 6.45) is 0.967. The fraction of sp³-hybridized carbons (Fsp3) is 0.172. The van der Waals surface area contributed by atoms with Crippen molar-refractivity contribution in [3.8, 4) is 0 Å². The van der Waals surface area contributed by atoms with Crippen LogP contribution in [0.15, 0.2) is 99.8 Å². The Bertz CT molecular complexity index is 1410. The molecule has 1 heterocycles. The van der Waals surface area contributed by atoms with Gasteiger partial charge in [-0.3, -0.25) is 9.59 Å². The zero-order chi connectivity index (χ0) is 25.4. The van der Waals surface area contributed by atoms with Crippen molar-refractivity contribution >= 4 is 33.3 Å². The highest BCUT2D eigenvalue weighted by atomic mass is 79.9. The predicted molar refractivity (Wildman–Crippen MR) is 138 cm³/mol. The maximum atomic E-state index is 14.3. The van der Waals surface area contributed by atoms with Gasteiger partial charge in [0.05, 0.1) is 5.69 Å². The fourth-order valence-electron chi connectivity index (χ4n) is 5.07. The molecule has 0 aromatic heterocycles. The summed E-state index contributed by atoms with van der Waals surface area (Å²) in [5.41, 5.74) is 4.01. The highest BCUT2D eigenvalue weighted by Gasteiger charge is 2.41. The molecule has 7 heteroatoms. The molecular formula is C29H23BrF2N2O2. The zero-order valence-electron chi connectivity index (χ0n) is 19.4. The molecule has 2 N–H and O–H groups in total. The molecule has 5 rings (SSSR count). The van der Waals surface area contributed by atoms with Crippen molar-refractivity contribution < 1.29 is 18.4 Å². The summed E-state index contributed by atoms with van der Waals surface area (Å²) in [5.74, 6) is -2.78. The Morgan fingerprint density at radius 3 is 2.39 bits per heavy atom. The smallest absolute Gasteiger partial charge is 0.254 e. The summed E-state index contributed by atoms with van der Waals surface area (Å²) < 4.78 is 28.6. The SMILES string of the molecule is CC1=C(C(=O)Nc2ccc(F)cc2F)C(c2ccc(Br)cc2)C2=C(CC(c3ccccc3)CC2=O)N1. The molecule has 0 fully saturated rings. The van der Waals surface area contributed by atoms with Gasteiger partial charge in [0.2, 0.25) is 0 Å². The molecule has 1 aliphatic carbocycles. The minimum atomic E-state index is -0.870. The third-order valence-electron chi connectivity index (χ3n) is 6.73. The van der Waals surface area contributed by atoms with Gasteiger partial charge >= 0.3 is 0 Å². The van der Waals surface area contributed by atoms with E-state index in [0.29, 0.717) is 29.7 Å². The first kappa shape index (κ1) is 24.1. The van der Waals surface area contributed by atoms with Crippen LogP contribution in [0.25, 0.3) is 0 Å². The first-order chi connectivity index (χ1) is 17.3. The monoisotopic (exact) mass is 548 g/mol. The quantitative estimate of drug-likeness (QED) is 0.380. The molecule has 3 aromatic carbocycles. The second-order valence-corrected chi connectivity index (χ2v) is 9.97. The van der Waals surface area contributed by atoms with Crippen LogP contribution in [0.5, 0.6) is 0 Å². The van der Waals surface area contributed by atoms with Crippen LogP contribution in [-0.2, 0) is 9.59 Å². The van der Waals surface area contributed by atoms with Crippen molar-refractivity contribution in [1.82, 2.24) is 5.32 Å². The van der Waals surface area contributed by atoms with Crippen LogP contribution in [0.2, 0.25) is 0 Å². The molecule has 182 valence electrons. The van der Waals surface area contributed by atoms with E-state index in [1.54, 1.807) is 6.92 Å². The van der Waals surface area contributed by atoms with Crippen molar-refractivity contribution in [3.63, 3.8) is 0 Å². The van der Waals surface area contributed by atoms with E-state index in [-0.39, 0.29) is 17.4 Å². The lowest BCUT2D eigenvalue weighted by molar-refractivity contribution is -0.116. The number of anilines is 1. The van der Waals surface area contributed by atoms with Gasteiger partial charge in [0.1, 0.15) is 11.6 Å². The summed E-state index contributed by atoms with van der Waals surface area (Å²) >= 11 is 3.44. The third kappa shape index (κ3) is 4.63. The number of nitrogens with one attached hydrogen (secondary N) is 2. The number of amides is 1. The van der Waals surface area contributed by atoms with E-state index in [4.69, 9.17) is 0 Å². The minimum Gasteiger partial charge on any atom is -0.362 e. The lowest BCUT2D eigenvalue weighted by Gasteiger charge is -2.37. The number of allylic oxidation sites excluding steroid dienone is 3. The van der Waals surface area contributed by atoms with Crippen LogP contribution in [-0.4, -0.2) is 11.7 Å². The number of halogens is 3. The van der Waals surface area contributed by atoms with Crippen LogP contribution >= 0.6 is 15.9 Å². The normalized spacial score (nSPS) is 19.6.